The van der Waals surface area contributed by atoms with Crippen molar-refractivity contribution >= 4 is 46.1 Å². The second-order valence-electron chi connectivity index (χ2n) is 7.11. The zero-order chi connectivity index (χ0) is 22.1. The Kier molecular flexibility index (Phi) is 5.93. The van der Waals surface area contributed by atoms with E-state index >= 15 is 0 Å². The molecule has 0 saturated carbocycles. The molecule has 1 amide bonds. The van der Waals surface area contributed by atoms with Crippen molar-refractivity contribution in [1.82, 2.24) is 14.9 Å². The number of carbonyl (C=O) groups is 1. The summed E-state index contributed by atoms with van der Waals surface area (Å²) in [4.78, 5) is 21.4. The van der Waals surface area contributed by atoms with E-state index in [1.807, 2.05) is 18.2 Å². The second kappa shape index (κ2) is 8.64. The summed E-state index contributed by atoms with van der Waals surface area (Å²) in [6.45, 7) is 0.903. The van der Waals surface area contributed by atoms with Crippen LogP contribution < -0.4 is 14.8 Å². The number of benzene rings is 2. The molecule has 31 heavy (non-hydrogen) atoms. The Balaban J connectivity index is 1.65. The molecule has 1 aromatic heterocycles. The molecule has 1 fully saturated rings. The predicted molar refractivity (Wildman–Crippen MR) is 120 cm³/mol. The van der Waals surface area contributed by atoms with Crippen LogP contribution in [0.5, 0.6) is 11.5 Å². The van der Waals surface area contributed by atoms with Crippen LogP contribution in [0.3, 0.4) is 0 Å². The lowest BCUT2D eigenvalue weighted by Gasteiger charge is -2.16. The quantitative estimate of drug-likeness (QED) is 0.562. The Morgan fingerprint density at radius 1 is 1.19 bits per heavy atom. The van der Waals surface area contributed by atoms with Crippen LogP contribution >= 0.6 is 23.2 Å². The molecule has 2 aromatic carbocycles. The van der Waals surface area contributed by atoms with Crippen molar-refractivity contribution < 1.29 is 19.4 Å². The molecule has 0 spiro atoms. The fourth-order valence-corrected chi connectivity index (χ4v) is 4.35. The Morgan fingerprint density at radius 3 is 2.52 bits per heavy atom. The highest BCUT2D eigenvalue weighted by Crippen LogP contribution is 2.46. The first-order chi connectivity index (χ1) is 14.9. The molecular weight excluding hydrogens is 443 g/mol. The summed E-state index contributed by atoms with van der Waals surface area (Å²) in [6.07, 6.45) is 1.50. The third kappa shape index (κ3) is 4.13. The molecule has 3 aromatic rings. The van der Waals surface area contributed by atoms with Crippen LogP contribution in [0.25, 0.3) is 22.0 Å². The smallest absolute Gasteiger partial charge is 0.407 e. The lowest BCUT2D eigenvalue weighted by atomic mass is 10.0. The van der Waals surface area contributed by atoms with Gasteiger partial charge in [-0.25, -0.2) is 14.8 Å². The highest BCUT2D eigenvalue weighted by molar-refractivity contribution is 6.41. The summed E-state index contributed by atoms with van der Waals surface area (Å²) in [5.74, 6) is 1.37. The van der Waals surface area contributed by atoms with Gasteiger partial charge in [0, 0.05) is 42.3 Å². The number of anilines is 1. The van der Waals surface area contributed by atoms with Crippen LogP contribution in [-0.2, 0) is 0 Å². The molecule has 162 valence electrons. The Hall–Kier alpha value is -2.97. The van der Waals surface area contributed by atoms with E-state index < -0.39 is 6.09 Å². The monoisotopic (exact) mass is 462 g/mol. The summed E-state index contributed by atoms with van der Waals surface area (Å²) >= 11 is 13.1. The van der Waals surface area contributed by atoms with Gasteiger partial charge in [0.2, 0.25) is 5.95 Å². The summed E-state index contributed by atoms with van der Waals surface area (Å²) in [7, 11) is 3.06. The fraction of sp³-hybridized carbons (Fsp3) is 0.286. The number of aromatic nitrogens is 2. The zero-order valence-electron chi connectivity index (χ0n) is 16.9. The molecule has 0 unspecified atom stereocenters. The number of carboxylic acid groups (broad SMARTS) is 1. The number of hydrogen-bond acceptors (Lipinski definition) is 6. The van der Waals surface area contributed by atoms with Crippen LogP contribution in [0, 0.1) is 0 Å². The largest absolute Gasteiger partial charge is 0.495 e. The standard InChI is InChI=1S/C21H20Cl2N4O4/c1-30-15-8-16(31-2)19(23)17(18(15)22)11-3-4-14-12(7-11)9-24-20(26-14)25-13-5-6-27(10-13)21(28)29/h3-4,7-9,13H,5-6,10H2,1-2H3,(H,28,29)(H,24,25,26)/t13-/m0/s1. The van der Waals surface area contributed by atoms with E-state index in [2.05, 4.69) is 15.3 Å². The van der Waals surface area contributed by atoms with Crippen molar-refractivity contribution in [3.8, 4) is 22.6 Å². The maximum Gasteiger partial charge on any atom is 0.407 e. The number of halogens is 2. The number of hydrogen-bond donors (Lipinski definition) is 2. The van der Waals surface area contributed by atoms with Crippen molar-refractivity contribution in [3.05, 3.63) is 40.5 Å². The molecular formula is C21H20Cl2N4O4. The molecule has 0 aliphatic carbocycles. The molecule has 1 saturated heterocycles. The van der Waals surface area contributed by atoms with Gasteiger partial charge in [-0.1, -0.05) is 29.3 Å². The number of methoxy groups -OCH3 is 2. The van der Waals surface area contributed by atoms with Crippen molar-refractivity contribution in [2.24, 2.45) is 0 Å². The van der Waals surface area contributed by atoms with Gasteiger partial charge in [0.05, 0.1) is 29.8 Å². The molecule has 4 rings (SSSR count). The molecule has 8 nitrogen and oxygen atoms in total. The van der Waals surface area contributed by atoms with Gasteiger partial charge in [-0.05, 0) is 24.1 Å². The first kappa shape index (κ1) is 21.3. The lowest BCUT2D eigenvalue weighted by molar-refractivity contribution is 0.155. The first-order valence-electron chi connectivity index (χ1n) is 9.52. The number of nitrogens with one attached hydrogen (secondary N) is 1. The SMILES string of the molecule is COc1cc(OC)c(Cl)c(-c2ccc3nc(N[C@H]4CCN(C(=O)O)C4)ncc3c2)c1Cl. The third-order valence-electron chi connectivity index (χ3n) is 5.23. The van der Waals surface area contributed by atoms with Gasteiger partial charge in [0.15, 0.2) is 0 Å². The number of fused-ring (bicyclic) bond motifs is 1. The van der Waals surface area contributed by atoms with E-state index in [0.29, 0.717) is 52.6 Å². The summed E-state index contributed by atoms with van der Waals surface area (Å²) in [5.41, 5.74) is 2.11. The topological polar surface area (TPSA) is 96.8 Å². The van der Waals surface area contributed by atoms with Crippen LogP contribution in [0.15, 0.2) is 30.5 Å². The Labute approximate surface area is 188 Å². The number of amides is 1. The van der Waals surface area contributed by atoms with Crippen LogP contribution in [0.1, 0.15) is 6.42 Å². The van der Waals surface area contributed by atoms with Gasteiger partial charge < -0.3 is 24.8 Å². The molecule has 0 radical (unpaired) electrons. The number of nitrogens with zero attached hydrogens (tertiary/aromatic N) is 3. The van der Waals surface area contributed by atoms with E-state index in [-0.39, 0.29) is 6.04 Å². The summed E-state index contributed by atoms with van der Waals surface area (Å²) < 4.78 is 10.7. The van der Waals surface area contributed by atoms with Crippen LogP contribution in [-0.4, -0.2) is 59.4 Å². The fourth-order valence-electron chi connectivity index (χ4n) is 3.63. The molecule has 2 heterocycles. The maximum atomic E-state index is 11.1. The molecule has 0 bridgehead atoms. The van der Waals surface area contributed by atoms with Gasteiger partial charge in [0.25, 0.3) is 0 Å². The summed E-state index contributed by atoms with van der Waals surface area (Å²) in [6, 6.07) is 7.24. The second-order valence-corrected chi connectivity index (χ2v) is 7.87. The highest BCUT2D eigenvalue weighted by atomic mass is 35.5. The van der Waals surface area contributed by atoms with Crippen molar-refractivity contribution in [2.75, 3.05) is 32.6 Å². The van der Waals surface area contributed by atoms with E-state index in [0.717, 1.165) is 16.5 Å². The van der Waals surface area contributed by atoms with Gasteiger partial charge >= 0.3 is 6.09 Å². The average Bonchev–Trinajstić information content (AvgIpc) is 3.23. The molecule has 10 heteroatoms. The zero-order valence-corrected chi connectivity index (χ0v) is 18.4. The summed E-state index contributed by atoms with van der Waals surface area (Å²) in [5, 5.41) is 13.9. The maximum absolute atomic E-state index is 11.1. The van der Waals surface area contributed by atoms with Gasteiger partial charge in [-0.3, -0.25) is 0 Å². The molecule has 2 N–H and O–H groups in total. The van der Waals surface area contributed by atoms with Crippen molar-refractivity contribution in [1.29, 1.82) is 0 Å². The molecule has 1 aliphatic rings. The minimum Gasteiger partial charge on any atom is -0.495 e. The van der Waals surface area contributed by atoms with Gasteiger partial charge in [-0.15, -0.1) is 0 Å². The van der Waals surface area contributed by atoms with E-state index in [9.17, 15) is 4.79 Å². The third-order valence-corrected chi connectivity index (χ3v) is 5.98. The minimum absolute atomic E-state index is 0.0188. The van der Waals surface area contributed by atoms with E-state index in [1.54, 1.807) is 12.3 Å². The van der Waals surface area contributed by atoms with E-state index in [4.69, 9.17) is 37.8 Å². The predicted octanol–water partition coefficient (Wildman–Crippen LogP) is 4.79. The van der Waals surface area contributed by atoms with Crippen LogP contribution in [0.4, 0.5) is 10.7 Å². The molecule has 1 atom stereocenters. The average molecular weight is 463 g/mol. The van der Waals surface area contributed by atoms with Gasteiger partial charge in [0.1, 0.15) is 11.5 Å². The Morgan fingerprint density at radius 2 is 1.90 bits per heavy atom. The van der Waals surface area contributed by atoms with Crippen molar-refractivity contribution in [3.63, 3.8) is 0 Å². The number of ether oxygens (including phenoxy) is 2. The van der Waals surface area contributed by atoms with Crippen LogP contribution in [0.2, 0.25) is 10.0 Å². The van der Waals surface area contributed by atoms with E-state index in [1.165, 1.54) is 19.1 Å². The number of likely N-dealkylation sites (tertiary alicyclic amines) is 1. The Bertz CT molecular complexity index is 1130. The van der Waals surface area contributed by atoms with Crippen molar-refractivity contribution in [2.45, 2.75) is 12.5 Å². The van der Waals surface area contributed by atoms with Gasteiger partial charge in [-0.2, -0.15) is 0 Å². The molecule has 1 aliphatic heterocycles. The highest BCUT2D eigenvalue weighted by Gasteiger charge is 2.26. The lowest BCUT2D eigenvalue weighted by Crippen LogP contribution is -2.30. The normalized spacial score (nSPS) is 15.9. The number of rotatable bonds is 5. The minimum atomic E-state index is -0.914. The first-order valence-corrected chi connectivity index (χ1v) is 10.3.